The highest BCUT2D eigenvalue weighted by molar-refractivity contribution is 6.31. The zero-order valence-electron chi connectivity index (χ0n) is 8.77. The molecule has 3 rings (SSSR count). The molecule has 0 radical (unpaired) electrons. The van der Waals surface area contributed by atoms with Crippen LogP contribution in [-0.4, -0.2) is 7.05 Å². The van der Waals surface area contributed by atoms with Crippen molar-refractivity contribution in [3.63, 3.8) is 0 Å². The van der Waals surface area contributed by atoms with Crippen LogP contribution in [0.25, 0.3) is 0 Å². The van der Waals surface area contributed by atoms with Gasteiger partial charge in [0, 0.05) is 12.1 Å². The maximum atomic E-state index is 5.99. The van der Waals surface area contributed by atoms with Crippen LogP contribution in [0.1, 0.15) is 0 Å². The lowest BCUT2D eigenvalue weighted by atomic mass is 10.2. The maximum Gasteiger partial charge on any atom is 0.151 e. The van der Waals surface area contributed by atoms with Crippen LogP contribution in [0.4, 0.5) is 11.4 Å². The second-order valence-corrected chi connectivity index (χ2v) is 4.18. The Hall–Kier alpha value is -1.67. The van der Waals surface area contributed by atoms with Crippen molar-refractivity contribution in [1.82, 2.24) is 0 Å². The molecule has 16 heavy (non-hydrogen) atoms. The molecule has 0 aliphatic carbocycles. The van der Waals surface area contributed by atoms with Crippen molar-refractivity contribution in [3.05, 3.63) is 47.5 Å². The van der Waals surface area contributed by atoms with Crippen molar-refractivity contribution >= 4 is 23.0 Å². The summed E-state index contributed by atoms with van der Waals surface area (Å²) in [6.45, 7) is 0. The zero-order valence-corrected chi connectivity index (χ0v) is 9.53. The third kappa shape index (κ3) is 1.34. The van der Waals surface area contributed by atoms with E-state index in [0.29, 0.717) is 5.02 Å². The predicted octanol–water partition coefficient (Wildman–Crippen LogP) is 4.21. The molecule has 0 amide bonds. The lowest BCUT2D eigenvalue weighted by molar-refractivity contribution is 0.475. The van der Waals surface area contributed by atoms with E-state index in [2.05, 4.69) is 4.90 Å². The van der Waals surface area contributed by atoms with Crippen molar-refractivity contribution in [2.75, 3.05) is 11.9 Å². The van der Waals surface area contributed by atoms with Gasteiger partial charge in [-0.2, -0.15) is 0 Å². The number of ether oxygens (including phenoxy) is 1. The minimum Gasteiger partial charge on any atom is -0.453 e. The highest BCUT2D eigenvalue weighted by atomic mass is 35.5. The van der Waals surface area contributed by atoms with Gasteiger partial charge in [-0.25, -0.2) is 0 Å². The van der Waals surface area contributed by atoms with E-state index >= 15 is 0 Å². The van der Waals surface area contributed by atoms with Gasteiger partial charge in [0.1, 0.15) is 0 Å². The summed E-state index contributed by atoms with van der Waals surface area (Å²) in [5, 5.41) is 0.716. The summed E-state index contributed by atoms with van der Waals surface area (Å²) in [5.41, 5.74) is 2.04. The van der Waals surface area contributed by atoms with Gasteiger partial charge in [0.2, 0.25) is 0 Å². The van der Waals surface area contributed by atoms with E-state index in [4.69, 9.17) is 16.3 Å². The number of hydrogen-bond acceptors (Lipinski definition) is 2. The quantitative estimate of drug-likeness (QED) is 0.673. The van der Waals surface area contributed by atoms with Gasteiger partial charge in [0.05, 0.1) is 11.4 Å². The number of rotatable bonds is 0. The molecule has 1 aliphatic heterocycles. The molecule has 2 nitrogen and oxygen atoms in total. The fraction of sp³-hybridized carbons (Fsp3) is 0.0769. The predicted molar refractivity (Wildman–Crippen MR) is 66.0 cm³/mol. The largest absolute Gasteiger partial charge is 0.453 e. The first-order chi connectivity index (χ1) is 7.75. The van der Waals surface area contributed by atoms with Crippen LogP contribution < -0.4 is 9.64 Å². The molecule has 3 heteroatoms. The molecule has 0 atom stereocenters. The number of nitrogens with zero attached hydrogens (tertiary/aromatic N) is 1. The van der Waals surface area contributed by atoms with Gasteiger partial charge in [-0.05, 0) is 30.3 Å². The van der Waals surface area contributed by atoms with Crippen LogP contribution in [0.5, 0.6) is 11.5 Å². The van der Waals surface area contributed by atoms with Crippen LogP contribution in [0.2, 0.25) is 5.02 Å². The van der Waals surface area contributed by atoms with E-state index in [9.17, 15) is 0 Å². The summed E-state index contributed by atoms with van der Waals surface area (Å²) >= 11 is 5.99. The van der Waals surface area contributed by atoms with Crippen LogP contribution >= 0.6 is 11.6 Å². The summed E-state index contributed by atoms with van der Waals surface area (Å²) in [5.74, 6) is 1.71. The normalized spacial score (nSPS) is 12.8. The molecule has 0 aromatic heterocycles. The molecule has 1 heterocycles. The zero-order chi connectivity index (χ0) is 11.1. The molecule has 0 bridgehead atoms. The number of anilines is 2. The number of fused-ring (bicyclic) bond motifs is 2. The van der Waals surface area contributed by atoms with Gasteiger partial charge < -0.3 is 9.64 Å². The summed E-state index contributed by atoms with van der Waals surface area (Å²) in [6, 6.07) is 13.6. The Morgan fingerprint density at radius 1 is 1.00 bits per heavy atom. The first-order valence-electron chi connectivity index (χ1n) is 5.06. The average molecular weight is 232 g/mol. The van der Waals surface area contributed by atoms with Crippen LogP contribution in [0.15, 0.2) is 42.5 Å². The molecular formula is C13H10ClNO. The lowest BCUT2D eigenvalue weighted by Crippen LogP contribution is -2.15. The number of halogens is 1. The topological polar surface area (TPSA) is 12.5 Å². The molecule has 0 spiro atoms. The molecule has 2 aromatic rings. The van der Waals surface area contributed by atoms with Crippen LogP contribution in [0.3, 0.4) is 0 Å². The van der Waals surface area contributed by atoms with Crippen molar-refractivity contribution in [1.29, 1.82) is 0 Å². The standard InChI is InChI=1S/C13H10ClNO/c1-15-10-4-2-3-5-12(10)16-13-7-6-9(14)8-11(13)15/h2-8H,1H3. The second-order valence-electron chi connectivity index (χ2n) is 3.74. The minimum atomic E-state index is 0.716. The highest BCUT2D eigenvalue weighted by Crippen LogP contribution is 2.46. The van der Waals surface area contributed by atoms with E-state index < -0.39 is 0 Å². The number of para-hydroxylation sites is 2. The lowest BCUT2D eigenvalue weighted by Gasteiger charge is -2.29. The fourth-order valence-electron chi connectivity index (χ4n) is 1.91. The summed E-state index contributed by atoms with van der Waals surface area (Å²) < 4.78 is 5.80. The van der Waals surface area contributed by atoms with Gasteiger partial charge in [-0.3, -0.25) is 0 Å². The number of benzene rings is 2. The van der Waals surface area contributed by atoms with E-state index in [1.807, 2.05) is 49.5 Å². The Bertz CT molecular complexity index is 553. The Morgan fingerprint density at radius 3 is 2.62 bits per heavy atom. The third-order valence-electron chi connectivity index (χ3n) is 2.73. The van der Waals surface area contributed by atoms with Crippen molar-refractivity contribution in [3.8, 4) is 11.5 Å². The van der Waals surface area contributed by atoms with Crippen molar-refractivity contribution in [2.45, 2.75) is 0 Å². The van der Waals surface area contributed by atoms with Gasteiger partial charge in [0.25, 0.3) is 0 Å². The van der Waals surface area contributed by atoms with E-state index in [1.54, 1.807) is 0 Å². The van der Waals surface area contributed by atoms with Gasteiger partial charge in [-0.15, -0.1) is 0 Å². The van der Waals surface area contributed by atoms with Gasteiger partial charge in [0.15, 0.2) is 11.5 Å². The molecule has 0 unspecified atom stereocenters. The minimum absolute atomic E-state index is 0.716. The molecule has 80 valence electrons. The molecule has 0 N–H and O–H groups in total. The Labute approximate surface area is 99.0 Å². The molecular weight excluding hydrogens is 222 g/mol. The third-order valence-corrected chi connectivity index (χ3v) is 2.96. The Balaban J connectivity index is 2.19. The Kier molecular flexibility index (Phi) is 2.04. The molecule has 1 aliphatic rings. The Morgan fingerprint density at radius 2 is 1.75 bits per heavy atom. The summed E-state index contributed by atoms with van der Waals surface area (Å²) in [7, 11) is 2.01. The van der Waals surface area contributed by atoms with Crippen molar-refractivity contribution in [2.24, 2.45) is 0 Å². The SMILES string of the molecule is CN1c2ccccc2Oc2ccc(Cl)cc21. The maximum absolute atomic E-state index is 5.99. The van der Waals surface area contributed by atoms with Crippen molar-refractivity contribution < 1.29 is 4.74 Å². The number of hydrogen-bond donors (Lipinski definition) is 0. The van der Waals surface area contributed by atoms with Crippen LogP contribution in [0, 0.1) is 0 Å². The van der Waals surface area contributed by atoms with Gasteiger partial charge in [-0.1, -0.05) is 23.7 Å². The van der Waals surface area contributed by atoms with E-state index in [0.717, 1.165) is 22.9 Å². The molecule has 2 aromatic carbocycles. The molecule has 0 saturated carbocycles. The van der Waals surface area contributed by atoms with Gasteiger partial charge >= 0.3 is 0 Å². The monoisotopic (exact) mass is 231 g/mol. The fourth-order valence-corrected chi connectivity index (χ4v) is 2.07. The van der Waals surface area contributed by atoms with Crippen LogP contribution in [-0.2, 0) is 0 Å². The molecule has 0 saturated heterocycles. The second kappa shape index (κ2) is 3.42. The average Bonchev–Trinajstić information content (AvgIpc) is 2.31. The van der Waals surface area contributed by atoms with E-state index in [-0.39, 0.29) is 0 Å². The highest BCUT2D eigenvalue weighted by Gasteiger charge is 2.20. The first-order valence-corrected chi connectivity index (χ1v) is 5.44. The smallest absolute Gasteiger partial charge is 0.151 e. The van der Waals surface area contributed by atoms with E-state index in [1.165, 1.54) is 0 Å². The first kappa shape index (κ1) is 9.55. The molecule has 0 fully saturated rings. The summed E-state index contributed by atoms with van der Waals surface area (Å²) in [4.78, 5) is 2.08. The summed E-state index contributed by atoms with van der Waals surface area (Å²) in [6.07, 6.45) is 0.